The molecule has 0 bridgehead atoms. The third-order valence-electron chi connectivity index (χ3n) is 5.03. The molecule has 7 heteroatoms. The van der Waals surface area contributed by atoms with Crippen LogP contribution in [0.3, 0.4) is 0 Å². The highest BCUT2D eigenvalue weighted by Crippen LogP contribution is 2.19. The standard InChI is InChI=1S/C25H24N6O/c1-18-7-6-8-19(2)24(18)27-25(32)29-26-15-20-11-13-22(14-12-20)23-17-31(30-28-23)16-21-9-4-3-5-10-21/h3-15,17H,16H2,1-2H3,(H2,27,29,32). The molecule has 3 aromatic carbocycles. The van der Waals surface area contributed by atoms with Crippen LogP contribution < -0.4 is 10.7 Å². The van der Waals surface area contributed by atoms with E-state index < -0.39 is 0 Å². The van der Waals surface area contributed by atoms with Gasteiger partial charge in [0.05, 0.1) is 19.0 Å². The van der Waals surface area contributed by atoms with Gasteiger partial charge in [0.1, 0.15) is 5.69 Å². The Morgan fingerprint density at radius 1 is 0.969 bits per heavy atom. The lowest BCUT2D eigenvalue weighted by Gasteiger charge is -2.10. The average Bonchev–Trinajstić information content (AvgIpc) is 3.26. The number of aromatic nitrogens is 3. The van der Waals surface area contributed by atoms with E-state index in [4.69, 9.17) is 0 Å². The molecule has 0 saturated carbocycles. The van der Waals surface area contributed by atoms with Crippen LogP contribution in [0.15, 0.2) is 84.1 Å². The van der Waals surface area contributed by atoms with Gasteiger partial charge < -0.3 is 5.32 Å². The molecule has 0 aliphatic carbocycles. The number of hydrazone groups is 1. The lowest BCUT2D eigenvalue weighted by molar-refractivity contribution is 0.252. The van der Waals surface area contributed by atoms with Gasteiger partial charge in [0, 0.05) is 11.3 Å². The number of para-hydroxylation sites is 1. The molecule has 4 rings (SSSR count). The zero-order chi connectivity index (χ0) is 22.3. The molecule has 0 unspecified atom stereocenters. The predicted octanol–water partition coefficient (Wildman–Crippen LogP) is 4.77. The maximum Gasteiger partial charge on any atom is 0.339 e. The van der Waals surface area contributed by atoms with E-state index in [1.165, 1.54) is 5.56 Å². The summed E-state index contributed by atoms with van der Waals surface area (Å²) in [4.78, 5) is 12.1. The third-order valence-corrected chi connectivity index (χ3v) is 5.03. The minimum absolute atomic E-state index is 0.384. The van der Waals surface area contributed by atoms with Crippen molar-refractivity contribution in [3.05, 3.63) is 101 Å². The monoisotopic (exact) mass is 424 g/mol. The second-order valence-corrected chi connectivity index (χ2v) is 7.50. The summed E-state index contributed by atoms with van der Waals surface area (Å²) in [6.07, 6.45) is 3.52. The van der Waals surface area contributed by atoms with Crippen LogP contribution in [0.4, 0.5) is 10.5 Å². The largest absolute Gasteiger partial charge is 0.339 e. The SMILES string of the molecule is Cc1cccc(C)c1NC(=O)NN=Cc1ccc(-c2cn(Cc3ccccc3)nn2)cc1. The lowest BCUT2D eigenvalue weighted by Crippen LogP contribution is -2.25. The van der Waals surface area contributed by atoms with Crippen LogP contribution in [0.5, 0.6) is 0 Å². The van der Waals surface area contributed by atoms with E-state index in [2.05, 4.69) is 38.3 Å². The molecule has 1 heterocycles. The second kappa shape index (κ2) is 9.70. The second-order valence-electron chi connectivity index (χ2n) is 7.50. The summed E-state index contributed by atoms with van der Waals surface area (Å²) in [6, 6.07) is 23.4. The molecule has 160 valence electrons. The van der Waals surface area contributed by atoms with E-state index in [9.17, 15) is 4.79 Å². The molecule has 0 aliphatic rings. The minimum Gasteiger partial charge on any atom is -0.306 e. The Hall–Kier alpha value is -4.26. The van der Waals surface area contributed by atoms with Gasteiger partial charge >= 0.3 is 6.03 Å². The highest BCUT2D eigenvalue weighted by Gasteiger charge is 2.06. The number of urea groups is 1. The van der Waals surface area contributed by atoms with Crippen LogP contribution in [0.2, 0.25) is 0 Å². The molecule has 0 spiro atoms. The minimum atomic E-state index is -0.384. The van der Waals surface area contributed by atoms with Crippen molar-refractivity contribution >= 4 is 17.9 Å². The van der Waals surface area contributed by atoms with Crippen LogP contribution in [0.25, 0.3) is 11.3 Å². The quantitative estimate of drug-likeness (QED) is 0.346. The maximum atomic E-state index is 12.1. The van der Waals surface area contributed by atoms with E-state index in [0.29, 0.717) is 6.54 Å². The number of rotatable bonds is 6. The molecule has 2 N–H and O–H groups in total. The molecule has 0 fully saturated rings. The Labute approximate surface area is 186 Å². The number of carbonyl (C=O) groups is 1. The van der Waals surface area contributed by atoms with Crippen molar-refractivity contribution in [2.75, 3.05) is 5.32 Å². The first-order valence-electron chi connectivity index (χ1n) is 10.3. The summed E-state index contributed by atoms with van der Waals surface area (Å²) in [5.74, 6) is 0. The lowest BCUT2D eigenvalue weighted by atomic mass is 10.1. The summed E-state index contributed by atoms with van der Waals surface area (Å²) < 4.78 is 1.82. The van der Waals surface area contributed by atoms with Gasteiger partial charge in [-0.15, -0.1) is 5.10 Å². The molecular weight excluding hydrogens is 400 g/mol. The molecule has 2 amide bonds. The average molecular weight is 425 g/mol. The zero-order valence-electron chi connectivity index (χ0n) is 18.0. The van der Waals surface area contributed by atoms with Crippen molar-refractivity contribution in [3.63, 3.8) is 0 Å². The summed E-state index contributed by atoms with van der Waals surface area (Å²) >= 11 is 0. The number of hydrogen-bond donors (Lipinski definition) is 2. The molecular formula is C25H24N6O. The van der Waals surface area contributed by atoms with Crippen LogP contribution in [0, 0.1) is 13.8 Å². The van der Waals surface area contributed by atoms with E-state index in [1.807, 2.05) is 85.4 Å². The smallest absolute Gasteiger partial charge is 0.306 e. The van der Waals surface area contributed by atoms with Crippen molar-refractivity contribution in [3.8, 4) is 11.3 Å². The Morgan fingerprint density at radius 3 is 2.41 bits per heavy atom. The Balaban J connectivity index is 1.34. The van der Waals surface area contributed by atoms with Crippen molar-refractivity contribution in [2.24, 2.45) is 5.10 Å². The fourth-order valence-corrected chi connectivity index (χ4v) is 3.34. The van der Waals surface area contributed by atoms with Gasteiger partial charge in [0.25, 0.3) is 0 Å². The van der Waals surface area contributed by atoms with Crippen LogP contribution in [-0.2, 0) is 6.54 Å². The number of amides is 2. The van der Waals surface area contributed by atoms with Crippen LogP contribution in [-0.4, -0.2) is 27.2 Å². The fraction of sp³-hybridized carbons (Fsp3) is 0.120. The van der Waals surface area contributed by atoms with E-state index in [-0.39, 0.29) is 6.03 Å². The number of hydrogen-bond acceptors (Lipinski definition) is 4. The molecule has 1 aromatic heterocycles. The molecule has 0 radical (unpaired) electrons. The fourth-order valence-electron chi connectivity index (χ4n) is 3.34. The predicted molar refractivity (Wildman–Crippen MR) is 127 cm³/mol. The van der Waals surface area contributed by atoms with Gasteiger partial charge in [-0.3, -0.25) is 0 Å². The summed E-state index contributed by atoms with van der Waals surface area (Å²) in [5, 5.41) is 15.3. The molecule has 0 saturated heterocycles. The highest BCUT2D eigenvalue weighted by molar-refractivity contribution is 5.92. The number of benzene rings is 3. The van der Waals surface area contributed by atoms with E-state index in [1.54, 1.807) is 6.21 Å². The van der Waals surface area contributed by atoms with Gasteiger partial charge in [0.15, 0.2) is 0 Å². The normalized spacial score (nSPS) is 10.9. The topological polar surface area (TPSA) is 84.2 Å². The summed E-state index contributed by atoms with van der Waals surface area (Å²) in [7, 11) is 0. The molecule has 4 aromatic rings. The van der Waals surface area contributed by atoms with Crippen LogP contribution >= 0.6 is 0 Å². The number of nitrogens with one attached hydrogen (secondary N) is 2. The third kappa shape index (κ3) is 5.26. The van der Waals surface area contributed by atoms with Gasteiger partial charge in [-0.25, -0.2) is 14.9 Å². The van der Waals surface area contributed by atoms with E-state index in [0.717, 1.165) is 33.6 Å². The molecule has 32 heavy (non-hydrogen) atoms. The first-order chi connectivity index (χ1) is 15.6. The van der Waals surface area contributed by atoms with Crippen molar-refractivity contribution in [1.82, 2.24) is 20.4 Å². The van der Waals surface area contributed by atoms with E-state index >= 15 is 0 Å². The van der Waals surface area contributed by atoms with Gasteiger partial charge in [0.2, 0.25) is 0 Å². The van der Waals surface area contributed by atoms with Crippen molar-refractivity contribution < 1.29 is 4.79 Å². The number of nitrogens with zero attached hydrogens (tertiary/aromatic N) is 4. The summed E-state index contributed by atoms with van der Waals surface area (Å²) in [5.41, 5.74) is 9.09. The number of aryl methyl sites for hydroxylation is 2. The molecule has 0 aliphatic heterocycles. The number of carbonyl (C=O) groups excluding carboxylic acids is 1. The van der Waals surface area contributed by atoms with Gasteiger partial charge in [-0.1, -0.05) is 78.0 Å². The first-order valence-corrected chi connectivity index (χ1v) is 10.3. The molecule has 7 nitrogen and oxygen atoms in total. The Morgan fingerprint density at radius 2 is 1.69 bits per heavy atom. The number of anilines is 1. The zero-order valence-corrected chi connectivity index (χ0v) is 18.0. The highest BCUT2D eigenvalue weighted by atomic mass is 16.2. The Bertz CT molecular complexity index is 1210. The van der Waals surface area contributed by atoms with Crippen molar-refractivity contribution in [2.45, 2.75) is 20.4 Å². The molecule has 0 atom stereocenters. The van der Waals surface area contributed by atoms with Gasteiger partial charge in [-0.05, 0) is 36.1 Å². The first kappa shape index (κ1) is 21.0. The van der Waals surface area contributed by atoms with Gasteiger partial charge in [-0.2, -0.15) is 5.10 Å². The van der Waals surface area contributed by atoms with Crippen molar-refractivity contribution in [1.29, 1.82) is 0 Å². The Kier molecular flexibility index (Phi) is 6.36. The summed E-state index contributed by atoms with van der Waals surface area (Å²) in [6.45, 7) is 4.58. The maximum absolute atomic E-state index is 12.1. The van der Waals surface area contributed by atoms with Crippen LogP contribution in [0.1, 0.15) is 22.3 Å².